The van der Waals surface area contributed by atoms with Crippen LogP contribution in [-0.4, -0.2) is 30.7 Å². The fraction of sp³-hybridized carbons (Fsp3) is 0.857. The predicted molar refractivity (Wildman–Crippen MR) is 33.7 cm³/mol. The molecular formula is C7H10O3. The van der Waals surface area contributed by atoms with Gasteiger partial charge < -0.3 is 9.47 Å². The van der Waals surface area contributed by atoms with Gasteiger partial charge in [0.2, 0.25) is 0 Å². The Morgan fingerprint density at radius 1 is 1.70 bits per heavy atom. The van der Waals surface area contributed by atoms with Gasteiger partial charge in [-0.05, 0) is 6.42 Å². The van der Waals surface area contributed by atoms with Crippen LogP contribution in [0.25, 0.3) is 0 Å². The lowest BCUT2D eigenvalue weighted by molar-refractivity contribution is -0.133. The molecule has 0 spiro atoms. The maximum Gasteiger partial charge on any atom is 0.192 e. The zero-order chi connectivity index (χ0) is 7.14. The molecule has 0 bridgehead atoms. The van der Waals surface area contributed by atoms with E-state index < -0.39 is 0 Å². The minimum absolute atomic E-state index is 0.0929. The van der Waals surface area contributed by atoms with E-state index in [1.165, 1.54) is 0 Å². The lowest BCUT2D eigenvalue weighted by Gasteiger charge is -2.16. The summed E-state index contributed by atoms with van der Waals surface area (Å²) in [4.78, 5) is 11.1. The van der Waals surface area contributed by atoms with E-state index in [1.807, 2.05) is 6.92 Å². The summed E-state index contributed by atoms with van der Waals surface area (Å²) >= 11 is 0. The van der Waals surface area contributed by atoms with Crippen LogP contribution in [-0.2, 0) is 14.3 Å². The lowest BCUT2D eigenvalue weighted by Crippen LogP contribution is -2.35. The van der Waals surface area contributed by atoms with Crippen molar-refractivity contribution in [3.05, 3.63) is 0 Å². The second-order valence-electron chi connectivity index (χ2n) is 2.73. The van der Waals surface area contributed by atoms with E-state index in [0.29, 0.717) is 6.61 Å². The molecule has 3 unspecified atom stereocenters. The number of ether oxygens (including phenoxy) is 2. The zero-order valence-corrected chi connectivity index (χ0v) is 5.87. The first-order valence-electron chi connectivity index (χ1n) is 3.63. The number of carbonyl (C=O) groups excluding carboxylic acids is 1. The summed E-state index contributed by atoms with van der Waals surface area (Å²) in [6, 6.07) is 0. The highest BCUT2D eigenvalue weighted by Gasteiger charge is 2.51. The van der Waals surface area contributed by atoms with Gasteiger partial charge in [-0.2, -0.15) is 0 Å². The van der Waals surface area contributed by atoms with E-state index >= 15 is 0 Å². The number of hydrogen-bond acceptors (Lipinski definition) is 3. The Labute approximate surface area is 59.3 Å². The topological polar surface area (TPSA) is 38.8 Å². The Bertz CT molecular complexity index is 166. The molecule has 2 aliphatic rings. The summed E-state index contributed by atoms with van der Waals surface area (Å²) < 4.78 is 10.3. The average molecular weight is 142 g/mol. The van der Waals surface area contributed by atoms with Crippen molar-refractivity contribution < 1.29 is 14.3 Å². The highest BCUT2D eigenvalue weighted by atomic mass is 16.6. The van der Waals surface area contributed by atoms with Crippen molar-refractivity contribution in [3.8, 4) is 0 Å². The molecule has 2 rings (SSSR count). The molecule has 3 atom stereocenters. The first-order chi connectivity index (χ1) is 4.83. The molecule has 3 heteroatoms. The Kier molecular flexibility index (Phi) is 1.28. The summed E-state index contributed by atoms with van der Waals surface area (Å²) in [5, 5.41) is 0. The minimum atomic E-state index is -0.191. The van der Waals surface area contributed by atoms with Crippen molar-refractivity contribution in [2.45, 2.75) is 31.7 Å². The van der Waals surface area contributed by atoms with Crippen molar-refractivity contribution in [3.63, 3.8) is 0 Å². The quantitative estimate of drug-likeness (QED) is 0.488. The van der Waals surface area contributed by atoms with E-state index in [9.17, 15) is 4.79 Å². The molecule has 56 valence electrons. The Morgan fingerprint density at radius 2 is 2.50 bits per heavy atom. The fourth-order valence-electron chi connectivity index (χ4n) is 1.32. The monoisotopic (exact) mass is 142 g/mol. The first kappa shape index (κ1) is 6.31. The maximum absolute atomic E-state index is 11.1. The van der Waals surface area contributed by atoms with Crippen LogP contribution in [0.1, 0.15) is 13.3 Å². The van der Waals surface area contributed by atoms with E-state index in [1.54, 1.807) is 0 Å². The molecule has 2 heterocycles. The smallest absolute Gasteiger partial charge is 0.192 e. The van der Waals surface area contributed by atoms with E-state index in [0.717, 1.165) is 6.42 Å². The summed E-state index contributed by atoms with van der Waals surface area (Å²) in [5.41, 5.74) is 0. The van der Waals surface area contributed by atoms with Gasteiger partial charge in [0.25, 0.3) is 0 Å². The number of rotatable bonds is 1. The van der Waals surface area contributed by atoms with Gasteiger partial charge in [0.15, 0.2) is 5.78 Å². The van der Waals surface area contributed by atoms with Crippen LogP contribution in [0.3, 0.4) is 0 Å². The van der Waals surface area contributed by atoms with Gasteiger partial charge in [0.05, 0.1) is 6.61 Å². The van der Waals surface area contributed by atoms with Gasteiger partial charge in [-0.1, -0.05) is 6.92 Å². The molecule has 2 aliphatic heterocycles. The van der Waals surface area contributed by atoms with Crippen molar-refractivity contribution in [2.24, 2.45) is 0 Å². The van der Waals surface area contributed by atoms with E-state index in [4.69, 9.17) is 9.47 Å². The standard InChI is InChI=1S/C7H10O3/c1-2-4-6(8)7-5(10-7)3-9-4/h4-5,7H,2-3H2,1H3. The van der Waals surface area contributed by atoms with Crippen molar-refractivity contribution >= 4 is 5.78 Å². The molecular weight excluding hydrogens is 132 g/mol. The zero-order valence-electron chi connectivity index (χ0n) is 5.87. The second kappa shape index (κ2) is 2.04. The first-order valence-corrected chi connectivity index (χ1v) is 3.63. The van der Waals surface area contributed by atoms with Crippen molar-refractivity contribution in [1.82, 2.24) is 0 Å². The van der Waals surface area contributed by atoms with Crippen molar-refractivity contribution in [1.29, 1.82) is 0 Å². The van der Waals surface area contributed by atoms with Crippen LogP contribution in [0.15, 0.2) is 0 Å². The Balaban J connectivity index is 2.04. The summed E-state index contributed by atoms with van der Waals surface area (Å²) in [6.07, 6.45) is 0.559. The molecule has 0 radical (unpaired) electrons. The highest BCUT2D eigenvalue weighted by molar-refractivity contribution is 5.90. The molecule has 0 aliphatic carbocycles. The highest BCUT2D eigenvalue weighted by Crippen LogP contribution is 2.30. The van der Waals surface area contributed by atoms with Gasteiger partial charge in [0.1, 0.15) is 18.3 Å². The molecule has 0 N–H and O–H groups in total. The normalized spacial score (nSPS) is 44.9. The molecule has 0 saturated carbocycles. The third kappa shape index (κ3) is 0.777. The molecule has 0 amide bonds. The number of ketones is 1. The summed E-state index contributed by atoms with van der Waals surface area (Å²) in [7, 11) is 0. The van der Waals surface area contributed by atoms with Gasteiger partial charge >= 0.3 is 0 Å². The Morgan fingerprint density at radius 3 is 3.20 bits per heavy atom. The summed E-state index contributed by atoms with van der Waals surface area (Å²) in [5.74, 6) is 0.138. The predicted octanol–water partition coefficient (Wildman–Crippen LogP) is 0.132. The van der Waals surface area contributed by atoms with E-state index in [2.05, 4.69) is 0 Å². The van der Waals surface area contributed by atoms with Crippen LogP contribution >= 0.6 is 0 Å². The molecule has 2 fully saturated rings. The molecule has 0 aromatic rings. The number of carbonyl (C=O) groups is 1. The van der Waals surface area contributed by atoms with Crippen LogP contribution in [0, 0.1) is 0 Å². The number of fused-ring (bicyclic) bond motifs is 1. The van der Waals surface area contributed by atoms with Gasteiger partial charge in [-0.3, -0.25) is 4.79 Å². The molecule has 3 nitrogen and oxygen atoms in total. The summed E-state index contributed by atoms with van der Waals surface area (Å²) in [6.45, 7) is 2.56. The average Bonchev–Trinajstić information content (AvgIpc) is 2.68. The van der Waals surface area contributed by atoms with Crippen LogP contribution in [0.2, 0.25) is 0 Å². The van der Waals surface area contributed by atoms with Crippen LogP contribution in [0.4, 0.5) is 0 Å². The molecule has 0 aromatic carbocycles. The fourth-order valence-corrected chi connectivity index (χ4v) is 1.32. The minimum Gasteiger partial charge on any atom is -0.368 e. The number of epoxide rings is 1. The van der Waals surface area contributed by atoms with Gasteiger partial charge in [-0.15, -0.1) is 0 Å². The Hall–Kier alpha value is -0.410. The third-order valence-corrected chi connectivity index (χ3v) is 2.01. The van der Waals surface area contributed by atoms with Crippen molar-refractivity contribution in [2.75, 3.05) is 6.61 Å². The third-order valence-electron chi connectivity index (χ3n) is 2.01. The number of Topliss-reactive ketones (excluding diaryl/α,β-unsaturated/α-hetero) is 1. The van der Waals surface area contributed by atoms with Crippen LogP contribution in [0.5, 0.6) is 0 Å². The van der Waals surface area contributed by atoms with Gasteiger partial charge in [0, 0.05) is 0 Å². The number of hydrogen-bond donors (Lipinski definition) is 0. The molecule has 0 aromatic heterocycles. The maximum atomic E-state index is 11.1. The molecule has 10 heavy (non-hydrogen) atoms. The van der Waals surface area contributed by atoms with Crippen LogP contribution < -0.4 is 0 Å². The molecule has 2 saturated heterocycles. The second-order valence-corrected chi connectivity index (χ2v) is 2.73. The lowest BCUT2D eigenvalue weighted by atomic mass is 10.1. The van der Waals surface area contributed by atoms with Gasteiger partial charge in [-0.25, -0.2) is 0 Å². The largest absolute Gasteiger partial charge is 0.368 e. The SMILES string of the molecule is CCC1OCC2OC2C1=O. The van der Waals surface area contributed by atoms with E-state index in [-0.39, 0.29) is 24.1 Å².